The number of anilines is 3. The van der Waals surface area contributed by atoms with E-state index in [2.05, 4.69) is 43.3 Å². The lowest BCUT2D eigenvalue weighted by Gasteiger charge is -2.11. The number of aromatic nitrogens is 5. The van der Waals surface area contributed by atoms with Crippen LogP contribution in [0.3, 0.4) is 0 Å². The average molecular weight is 401 g/mol. The molecule has 0 aliphatic carbocycles. The van der Waals surface area contributed by atoms with Gasteiger partial charge in [0.25, 0.3) is 0 Å². The number of hydrogen-bond donors (Lipinski definition) is 2. The number of fused-ring (bicyclic) bond motifs is 1. The number of nitrogens with one attached hydrogen (secondary N) is 2. The second kappa shape index (κ2) is 7.47. The lowest BCUT2D eigenvalue weighted by atomic mass is 10.1. The van der Waals surface area contributed by atoms with Gasteiger partial charge in [0.1, 0.15) is 0 Å². The summed E-state index contributed by atoms with van der Waals surface area (Å²) in [5, 5.41) is 20.1. The molecule has 0 unspecified atom stereocenters. The summed E-state index contributed by atoms with van der Waals surface area (Å²) in [6.45, 7) is 9.41. The maximum atomic E-state index is 11.6. The van der Waals surface area contributed by atoms with Gasteiger partial charge in [-0.2, -0.15) is 10.2 Å². The molecule has 152 valence electrons. The molecule has 0 bridgehead atoms. The molecule has 8 nitrogen and oxygen atoms in total. The number of aryl methyl sites for hydroxylation is 4. The number of rotatable bonds is 5. The summed E-state index contributed by atoms with van der Waals surface area (Å²) in [5.41, 5.74) is 6.35. The Balaban J connectivity index is 1.75. The third kappa shape index (κ3) is 3.55. The predicted molar refractivity (Wildman–Crippen MR) is 118 cm³/mol. The van der Waals surface area contributed by atoms with Gasteiger partial charge in [-0.3, -0.25) is 9.48 Å². The normalized spacial score (nSPS) is 10.9. The van der Waals surface area contributed by atoms with Crippen molar-refractivity contribution in [3.05, 3.63) is 66.3 Å². The van der Waals surface area contributed by atoms with Gasteiger partial charge in [0.2, 0.25) is 5.91 Å². The van der Waals surface area contributed by atoms with Crippen LogP contribution < -0.4 is 10.6 Å². The van der Waals surface area contributed by atoms with E-state index in [1.807, 2.05) is 58.3 Å². The van der Waals surface area contributed by atoms with Crippen molar-refractivity contribution in [2.75, 3.05) is 10.6 Å². The first-order chi connectivity index (χ1) is 14.4. The summed E-state index contributed by atoms with van der Waals surface area (Å²) in [6.07, 6.45) is 5.23. The van der Waals surface area contributed by atoms with Gasteiger partial charge < -0.3 is 15.2 Å². The van der Waals surface area contributed by atoms with Crippen LogP contribution in [0.1, 0.15) is 17.0 Å². The summed E-state index contributed by atoms with van der Waals surface area (Å²) >= 11 is 0. The van der Waals surface area contributed by atoms with Crippen LogP contribution in [0.4, 0.5) is 17.2 Å². The Labute approximate surface area is 174 Å². The van der Waals surface area contributed by atoms with Gasteiger partial charge in [-0.15, -0.1) is 5.10 Å². The minimum absolute atomic E-state index is 0.234. The minimum Gasteiger partial charge on any atom is -0.336 e. The van der Waals surface area contributed by atoms with Crippen LogP contribution in [-0.4, -0.2) is 30.5 Å². The number of carbonyl (C=O) groups is 1. The smallest absolute Gasteiger partial charge is 0.247 e. The molecular formula is C22H23N7O. The highest BCUT2D eigenvalue weighted by Gasteiger charge is 2.13. The van der Waals surface area contributed by atoms with Crippen molar-refractivity contribution in [1.29, 1.82) is 0 Å². The minimum atomic E-state index is -0.234. The Hall–Kier alpha value is -3.94. The monoisotopic (exact) mass is 401 g/mol. The average Bonchev–Trinajstić information content (AvgIpc) is 3.21. The third-order valence-electron chi connectivity index (χ3n) is 4.94. The fraction of sp³-hybridized carbons (Fsp3) is 0.182. The van der Waals surface area contributed by atoms with E-state index < -0.39 is 0 Å². The van der Waals surface area contributed by atoms with Crippen molar-refractivity contribution in [2.45, 2.75) is 20.8 Å². The Kier molecular flexibility index (Phi) is 4.83. The van der Waals surface area contributed by atoms with Crippen molar-refractivity contribution >= 4 is 34.0 Å². The molecule has 0 aliphatic heterocycles. The molecular weight excluding hydrogens is 378 g/mol. The van der Waals surface area contributed by atoms with Gasteiger partial charge in [0.05, 0.1) is 28.3 Å². The first kappa shape index (κ1) is 19.4. The molecule has 0 saturated carbocycles. The summed E-state index contributed by atoms with van der Waals surface area (Å²) in [6, 6.07) is 7.80. The molecule has 0 fully saturated rings. The fourth-order valence-corrected chi connectivity index (χ4v) is 3.47. The number of nitrogens with zero attached hydrogens (tertiary/aromatic N) is 5. The van der Waals surface area contributed by atoms with E-state index in [1.54, 1.807) is 4.68 Å². The van der Waals surface area contributed by atoms with Gasteiger partial charge in [-0.1, -0.05) is 6.58 Å². The van der Waals surface area contributed by atoms with E-state index in [0.29, 0.717) is 5.82 Å². The lowest BCUT2D eigenvalue weighted by Crippen LogP contribution is -2.07. The van der Waals surface area contributed by atoms with Crippen LogP contribution in [0.5, 0.6) is 0 Å². The van der Waals surface area contributed by atoms with Crippen molar-refractivity contribution in [3.63, 3.8) is 0 Å². The highest BCUT2D eigenvalue weighted by Crippen LogP contribution is 2.29. The Morgan fingerprint density at radius 2 is 1.90 bits per heavy atom. The topological polar surface area (TPSA) is 89.7 Å². The molecule has 0 aliphatic rings. The largest absolute Gasteiger partial charge is 0.336 e. The number of carbonyl (C=O) groups excluding carboxylic acids is 1. The zero-order valence-corrected chi connectivity index (χ0v) is 17.4. The molecule has 0 radical (unpaired) electrons. The molecule has 2 N–H and O–H groups in total. The molecule has 0 atom stereocenters. The lowest BCUT2D eigenvalue weighted by molar-refractivity contribution is -0.111. The zero-order valence-electron chi connectivity index (χ0n) is 17.4. The van der Waals surface area contributed by atoms with Crippen LogP contribution in [0, 0.1) is 20.8 Å². The maximum Gasteiger partial charge on any atom is 0.247 e. The first-order valence-electron chi connectivity index (χ1n) is 9.53. The summed E-state index contributed by atoms with van der Waals surface area (Å²) < 4.78 is 3.85. The molecule has 1 aromatic carbocycles. The quantitative estimate of drug-likeness (QED) is 0.494. The molecule has 3 heterocycles. The highest BCUT2D eigenvalue weighted by molar-refractivity contribution is 6.00. The van der Waals surface area contributed by atoms with Gasteiger partial charge >= 0.3 is 0 Å². The summed E-state index contributed by atoms with van der Waals surface area (Å²) in [4.78, 5) is 11.6. The standard InChI is InChI=1S/C22H23N7O/c1-6-22(30)23-16-7-8-19-17(9-16)13(2)11-29(19)20-10-21(26-25-15(20)4)24-18-12-28(5)27-14(18)3/h6-12H,1H2,2-5H3,(H,23,30)(H,24,26). The van der Waals surface area contributed by atoms with Crippen molar-refractivity contribution in [1.82, 2.24) is 24.5 Å². The molecule has 8 heteroatoms. The number of hydrogen-bond acceptors (Lipinski definition) is 5. The fourth-order valence-electron chi connectivity index (χ4n) is 3.47. The molecule has 3 aromatic heterocycles. The van der Waals surface area contributed by atoms with Gasteiger partial charge in [0.15, 0.2) is 5.82 Å². The molecule has 30 heavy (non-hydrogen) atoms. The number of amides is 1. The Morgan fingerprint density at radius 1 is 1.10 bits per heavy atom. The third-order valence-corrected chi connectivity index (χ3v) is 4.94. The number of benzene rings is 1. The van der Waals surface area contributed by atoms with Crippen LogP contribution in [0.25, 0.3) is 16.6 Å². The van der Waals surface area contributed by atoms with Crippen LogP contribution in [-0.2, 0) is 11.8 Å². The van der Waals surface area contributed by atoms with Crippen molar-refractivity contribution < 1.29 is 4.79 Å². The molecule has 1 amide bonds. The molecule has 4 rings (SSSR count). The zero-order chi connectivity index (χ0) is 21.4. The van der Waals surface area contributed by atoms with Crippen LogP contribution in [0.15, 0.2) is 49.3 Å². The Morgan fingerprint density at radius 3 is 2.60 bits per heavy atom. The molecule has 0 saturated heterocycles. The second-order valence-corrected chi connectivity index (χ2v) is 7.23. The van der Waals surface area contributed by atoms with Crippen LogP contribution in [0.2, 0.25) is 0 Å². The van der Waals surface area contributed by atoms with Crippen LogP contribution >= 0.6 is 0 Å². The SMILES string of the molecule is C=CC(=O)Nc1ccc2c(c1)c(C)cn2-c1cc(Nc2cn(C)nc2C)nnc1C. The second-order valence-electron chi connectivity index (χ2n) is 7.23. The van der Waals surface area contributed by atoms with E-state index in [9.17, 15) is 4.79 Å². The van der Waals surface area contributed by atoms with E-state index in [0.717, 1.165) is 44.9 Å². The van der Waals surface area contributed by atoms with Crippen molar-refractivity contribution in [3.8, 4) is 5.69 Å². The first-order valence-corrected chi connectivity index (χ1v) is 9.53. The van der Waals surface area contributed by atoms with E-state index >= 15 is 0 Å². The maximum absolute atomic E-state index is 11.6. The highest BCUT2D eigenvalue weighted by atomic mass is 16.1. The Bertz CT molecular complexity index is 1280. The van der Waals surface area contributed by atoms with Gasteiger partial charge in [0, 0.05) is 36.6 Å². The van der Waals surface area contributed by atoms with E-state index in [4.69, 9.17) is 0 Å². The molecule has 4 aromatic rings. The molecule has 0 spiro atoms. The predicted octanol–water partition coefficient (Wildman–Crippen LogP) is 3.95. The van der Waals surface area contributed by atoms with E-state index in [-0.39, 0.29) is 5.91 Å². The van der Waals surface area contributed by atoms with Crippen molar-refractivity contribution in [2.24, 2.45) is 7.05 Å². The van der Waals surface area contributed by atoms with Gasteiger partial charge in [-0.25, -0.2) is 0 Å². The summed E-state index contributed by atoms with van der Waals surface area (Å²) in [5.74, 6) is 0.406. The van der Waals surface area contributed by atoms with E-state index in [1.165, 1.54) is 6.08 Å². The van der Waals surface area contributed by atoms with Gasteiger partial charge in [-0.05, 0) is 50.6 Å². The summed E-state index contributed by atoms with van der Waals surface area (Å²) in [7, 11) is 1.88.